The minimum atomic E-state index is -0.178. The van der Waals surface area contributed by atoms with E-state index in [1.54, 1.807) is 18.2 Å². The van der Waals surface area contributed by atoms with Gasteiger partial charge >= 0.3 is 0 Å². The molecule has 1 aromatic heterocycles. The molecular formula is C13H13BrN2O2. The molecule has 2 aromatic rings. The summed E-state index contributed by atoms with van der Waals surface area (Å²) in [5.74, 6) is 1.38. The Balaban J connectivity index is 2.01. The lowest BCUT2D eigenvalue weighted by molar-refractivity contribution is 0.0948. The molecule has 0 spiro atoms. The molecule has 94 valence electrons. The molecule has 18 heavy (non-hydrogen) atoms. The van der Waals surface area contributed by atoms with Crippen LogP contribution in [0.1, 0.15) is 21.9 Å². The van der Waals surface area contributed by atoms with Crippen LogP contribution < -0.4 is 11.1 Å². The second kappa shape index (κ2) is 5.27. The largest absolute Gasteiger partial charge is 0.465 e. The van der Waals surface area contributed by atoms with Crippen molar-refractivity contribution < 1.29 is 9.21 Å². The van der Waals surface area contributed by atoms with E-state index in [-0.39, 0.29) is 5.91 Å². The number of aryl methyl sites for hydroxylation is 1. The fraction of sp³-hybridized carbons (Fsp3) is 0.154. The van der Waals surface area contributed by atoms with Crippen molar-refractivity contribution in [2.75, 3.05) is 5.73 Å². The first-order chi connectivity index (χ1) is 8.56. The van der Waals surface area contributed by atoms with Crippen molar-refractivity contribution in [3.8, 4) is 0 Å². The normalized spacial score (nSPS) is 10.3. The molecule has 1 amide bonds. The number of amides is 1. The van der Waals surface area contributed by atoms with Crippen molar-refractivity contribution in [3.05, 3.63) is 51.9 Å². The van der Waals surface area contributed by atoms with Gasteiger partial charge in [0.05, 0.1) is 6.54 Å². The molecule has 2 rings (SSSR count). The third-order valence-electron chi connectivity index (χ3n) is 2.48. The lowest BCUT2D eigenvalue weighted by Gasteiger charge is -2.05. The van der Waals surface area contributed by atoms with Gasteiger partial charge in [0.1, 0.15) is 11.5 Å². The van der Waals surface area contributed by atoms with Crippen LogP contribution >= 0.6 is 15.9 Å². The SMILES string of the molecule is Cc1ccc(CNC(=O)c2ccc(Br)c(N)c2)o1. The van der Waals surface area contributed by atoms with Crippen molar-refractivity contribution in [2.45, 2.75) is 13.5 Å². The van der Waals surface area contributed by atoms with Crippen molar-refractivity contribution in [1.29, 1.82) is 0 Å². The van der Waals surface area contributed by atoms with Gasteiger partial charge in [-0.15, -0.1) is 0 Å². The molecule has 0 saturated carbocycles. The molecule has 0 aliphatic heterocycles. The standard InChI is InChI=1S/C13H13BrN2O2/c1-8-2-4-10(18-8)7-16-13(17)9-3-5-11(14)12(15)6-9/h2-6H,7,15H2,1H3,(H,16,17). The number of carbonyl (C=O) groups excluding carboxylic acids is 1. The minimum absolute atomic E-state index is 0.178. The first kappa shape index (κ1) is 12.7. The zero-order chi connectivity index (χ0) is 13.1. The van der Waals surface area contributed by atoms with Crippen LogP contribution in [-0.4, -0.2) is 5.91 Å². The molecule has 0 aliphatic carbocycles. The van der Waals surface area contributed by atoms with E-state index in [2.05, 4.69) is 21.2 Å². The van der Waals surface area contributed by atoms with Crippen LogP contribution in [0, 0.1) is 6.92 Å². The van der Waals surface area contributed by atoms with E-state index in [0.717, 1.165) is 16.0 Å². The number of rotatable bonds is 3. The Morgan fingerprint density at radius 2 is 2.17 bits per heavy atom. The number of hydrogen-bond acceptors (Lipinski definition) is 3. The Kier molecular flexibility index (Phi) is 3.72. The number of benzene rings is 1. The maximum Gasteiger partial charge on any atom is 0.251 e. The topological polar surface area (TPSA) is 68.3 Å². The van der Waals surface area contributed by atoms with Gasteiger partial charge in [-0.05, 0) is 53.2 Å². The Labute approximate surface area is 113 Å². The zero-order valence-corrected chi connectivity index (χ0v) is 11.5. The third-order valence-corrected chi connectivity index (χ3v) is 3.20. The van der Waals surface area contributed by atoms with Crippen molar-refractivity contribution in [1.82, 2.24) is 5.32 Å². The quantitative estimate of drug-likeness (QED) is 0.857. The van der Waals surface area contributed by atoms with Gasteiger partial charge in [0.2, 0.25) is 0 Å². The number of halogens is 1. The highest BCUT2D eigenvalue weighted by molar-refractivity contribution is 9.10. The van der Waals surface area contributed by atoms with Crippen LogP contribution in [-0.2, 0) is 6.54 Å². The molecule has 4 nitrogen and oxygen atoms in total. The Hall–Kier alpha value is -1.75. The second-order valence-electron chi connectivity index (χ2n) is 3.93. The second-order valence-corrected chi connectivity index (χ2v) is 4.79. The van der Waals surface area contributed by atoms with Crippen LogP contribution in [0.4, 0.5) is 5.69 Å². The van der Waals surface area contributed by atoms with Crippen LogP contribution in [0.3, 0.4) is 0 Å². The maximum atomic E-state index is 11.9. The smallest absolute Gasteiger partial charge is 0.251 e. The van der Waals surface area contributed by atoms with Gasteiger partial charge in [-0.3, -0.25) is 4.79 Å². The highest BCUT2D eigenvalue weighted by Gasteiger charge is 2.08. The monoisotopic (exact) mass is 308 g/mol. The number of furan rings is 1. The zero-order valence-electron chi connectivity index (χ0n) is 9.87. The Morgan fingerprint density at radius 3 is 2.78 bits per heavy atom. The molecule has 0 radical (unpaired) electrons. The number of anilines is 1. The number of hydrogen-bond donors (Lipinski definition) is 2. The maximum absolute atomic E-state index is 11.9. The summed E-state index contributed by atoms with van der Waals surface area (Å²) < 4.78 is 6.14. The molecule has 0 aliphatic rings. The first-order valence-corrected chi connectivity index (χ1v) is 6.24. The van der Waals surface area contributed by atoms with Crippen LogP contribution in [0.5, 0.6) is 0 Å². The Morgan fingerprint density at radius 1 is 1.39 bits per heavy atom. The van der Waals surface area contributed by atoms with Gasteiger partial charge in [0.25, 0.3) is 5.91 Å². The van der Waals surface area contributed by atoms with Gasteiger partial charge in [0.15, 0.2) is 0 Å². The average molecular weight is 309 g/mol. The van der Waals surface area contributed by atoms with Crippen LogP contribution in [0.15, 0.2) is 39.2 Å². The molecule has 1 heterocycles. The van der Waals surface area contributed by atoms with E-state index in [4.69, 9.17) is 10.2 Å². The van der Waals surface area contributed by atoms with E-state index in [1.165, 1.54) is 0 Å². The lowest BCUT2D eigenvalue weighted by Crippen LogP contribution is -2.22. The highest BCUT2D eigenvalue weighted by Crippen LogP contribution is 2.20. The summed E-state index contributed by atoms with van der Waals surface area (Å²) in [4.78, 5) is 11.9. The Bertz CT molecular complexity index is 578. The molecule has 3 N–H and O–H groups in total. The molecule has 1 aromatic carbocycles. The summed E-state index contributed by atoms with van der Waals surface area (Å²) in [6.07, 6.45) is 0. The van der Waals surface area contributed by atoms with E-state index in [1.807, 2.05) is 19.1 Å². The number of carbonyl (C=O) groups is 1. The third kappa shape index (κ3) is 2.92. The van der Waals surface area contributed by atoms with Gasteiger partial charge in [-0.2, -0.15) is 0 Å². The summed E-state index contributed by atoms with van der Waals surface area (Å²) in [7, 11) is 0. The fourth-order valence-electron chi connectivity index (χ4n) is 1.53. The molecule has 5 heteroatoms. The van der Waals surface area contributed by atoms with E-state index >= 15 is 0 Å². The van der Waals surface area contributed by atoms with Gasteiger partial charge in [0, 0.05) is 15.7 Å². The number of nitrogens with one attached hydrogen (secondary N) is 1. The van der Waals surface area contributed by atoms with Crippen LogP contribution in [0.25, 0.3) is 0 Å². The highest BCUT2D eigenvalue weighted by atomic mass is 79.9. The first-order valence-electron chi connectivity index (χ1n) is 5.45. The average Bonchev–Trinajstić information content (AvgIpc) is 2.75. The summed E-state index contributed by atoms with van der Waals surface area (Å²) in [5, 5.41) is 2.77. The van der Waals surface area contributed by atoms with Gasteiger partial charge in [-0.1, -0.05) is 0 Å². The van der Waals surface area contributed by atoms with Crippen molar-refractivity contribution in [2.24, 2.45) is 0 Å². The molecular weight excluding hydrogens is 296 g/mol. The predicted molar refractivity (Wildman–Crippen MR) is 73.2 cm³/mol. The molecule has 0 unspecified atom stereocenters. The molecule has 0 fully saturated rings. The number of nitrogens with two attached hydrogens (primary N) is 1. The van der Waals surface area contributed by atoms with Gasteiger partial charge < -0.3 is 15.5 Å². The van der Waals surface area contributed by atoms with Crippen LogP contribution in [0.2, 0.25) is 0 Å². The summed E-state index contributed by atoms with van der Waals surface area (Å²) in [5.41, 5.74) is 6.79. The van der Waals surface area contributed by atoms with Gasteiger partial charge in [-0.25, -0.2) is 0 Å². The van der Waals surface area contributed by atoms with Crippen molar-refractivity contribution in [3.63, 3.8) is 0 Å². The van der Waals surface area contributed by atoms with E-state index < -0.39 is 0 Å². The predicted octanol–water partition coefficient (Wildman–Crippen LogP) is 2.86. The number of nitrogen functional groups attached to an aromatic ring is 1. The summed E-state index contributed by atoms with van der Waals surface area (Å²) in [6, 6.07) is 8.79. The lowest BCUT2D eigenvalue weighted by atomic mass is 10.2. The van der Waals surface area contributed by atoms with E-state index in [9.17, 15) is 4.79 Å². The molecule has 0 saturated heterocycles. The summed E-state index contributed by atoms with van der Waals surface area (Å²) >= 11 is 3.29. The van der Waals surface area contributed by atoms with E-state index in [0.29, 0.717) is 17.8 Å². The summed E-state index contributed by atoms with van der Waals surface area (Å²) in [6.45, 7) is 2.23. The fourth-order valence-corrected chi connectivity index (χ4v) is 1.78. The molecule has 0 atom stereocenters. The molecule has 0 bridgehead atoms. The minimum Gasteiger partial charge on any atom is -0.465 e. The van der Waals surface area contributed by atoms with Crippen molar-refractivity contribution >= 4 is 27.5 Å².